The maximum absolute atomic E-state index is 5.30. The first-order valence-corrected chi connectivity index (χ1v) is 20.0. The van der Waals surface area contributed by atoms with Crippen LogP contribution in [0.1, 0.15) is 0 Å². The van der Waals surface area contributed by atoms with Crippen molar-refractivity contribution in [2.24, 2.45) is 0 Å². The van der Waals surface area contributed by atoms with Crippen molar-refractivity contribution in [2.75, 3.05) is 0 Å². The zero-order valence-electron chi connectivity index (χ0n) is 30.8. The molecular formula is C53H33N3S. The molecule has 0 saturated heterocycles. The lowest BCUT2D eigenvalue weighted by Gasteiger charge is -2.14. The molecule has 266 valence electrons. The first kappa shape index (κ1) is 33.1. The minimum Gasteiger partial charge on any atom is -0.208 e. The molecule has 0 aliphatic carbocycles. The number of benzene rings is 9. The molecule has 0 spiro atoms. The number of fused-ring (bicyclic) bond motifs is 5. The van der Waals surface area contributed by atoms with Gasteiger partial charge in [0, 0.05) is 36.9 Å². The van der Waals surface area contributed by atoms with Crippen LogP contribution in [0, 0.1) is 0 Å². The molecule has 0 saturated carbocycles. The first-order valence-electron chi connectivity index (χ1n) is 19.2. The molecule has 57 heavy (non-hydrogen) atoms. The van der Waals surface area contributed by atoms with E-state index >= 15 is 0 Å². The number of hydrogen-bond donors (Lipinski definition) is 0. The summed E-state index contributed by atoms with van der Waals surface area (Å²) >= 11 is 1.79. The van der Waals surface area contributed by atoms with E-state index < -0.39 is 0 Å². The summed E-state index contributed by atoms with van der Waals surface area (Å²) in [6.07, 6.45) is 0. The van der Waals surface area contributed by atoms with Gasteiger partial charge in [-0.3, -0.25) is 0 Å². The van der Waals surface area contributed by atoms with Crippen LogP contribution < -0.4 is 0 Å². The summed E-state index contributed by atoms with van der Waals surface area (Å²) in [6, 6.07) is 71.0. The van der Waals surface area contributed by atoms with Gasteiger partial charge >= 0.3 is 0 Å². The average molecular weight is 744 g/mol. The fraction of sp³-hybridized carbons (Fsp3) is 0. The molecule has 0 fully saturated rings. The summed E-state index contributed by atoms with van der Waals surface area (Å²) in [5, 5.41) is 7.17. The normalized spacial score (nSPS) is 11.5. The van der Waals surface area contributed by atoms with Crippen LogP contribution >= 0.6 is 11.3 Å². The maximum atomic E-state index is 5.30. The van der Waals surface area contributed by atoms with Crippen molar-refractivity contribution >= 4 is 53.1 Å². The second-order valence-corrected chi connectivity index (χ2v) is 15.4. The van der Waals surface area contributed by atoms with Gasteiger partial charge in [-0.2, -0.15) is 0 Å². The third kappa shape index (κ3) is 5.86. The third-order valence-corrected chi connectivity index (χ3v) is 12.2. The smallest absolute Gasteiger partial charge is 0.165 e. The number of nitrogens with zero attached hydrogens (tertiary/aromatic N) is 3. The highest BCUT2D eigenvalue weighted by atomic mass is 32.1. The number of aromatic nitrogens is 3. The largest absolute Gasteiger partial charge is 0.208 e. The van der Waals surface area contributed by atoms with Crippen LogP contribution in [0.5, 0.6) is 0 Å². The maximum Gasteiger partial charge on any atom is 0.165 e. The number of thiophene rings is 1. The Morgan fingerprint density at radius 3 is 1.46 bits per heavy atom. The summed E-state index contributed by atoms with van der Waals surface area (Å²) < 4.78 is 2.42. The van der Waals surface area contributed by atoms with E-state index in [4.69, 9.17) is 15.0 Å². The Hall–Kier alpha value is -7.27. The second-order valence-electron chi connectivity index (χ2n) is 14.3. The summed E-state index contributed by atoms with van der Waals surface area (Å²) in [7, 11) is 0. The van der Waals surface area contributed by atoms with Crippen LogP contribution in [0.3, 0.4) is 0 Å². The van der Waals surface area contributed by atoms with Crippen molar-refractivity contribution in [3.63, 3.8) is 0 Å². The molecule has 0 unspecified atom stereocenters. The molecule has 3 nitrogen and oxygen atoms in total. The van der Waals surface area contributed by atoms with Crippen molar-refractivity contribution in [3.8, 4) is 67.5 Å². The molecule has 0 N–H and O–H groups in total. The topological polar surface area (TPSA) is 38.7 Å². The van der Waals surface area contributed by atoms with E-state index in [1.807, 2.05) is 6.07 Å². The van der Waals surface area contributed by atoms with Crippen molar-refractivity contribution in [1.29, 1.82) is 0 Å². The van der Waals surface area contributed by atoms with Crippen LogP contribution in [-0.2, 0) is 0 Å². The second kappa shape index (κ2) is 13.8. The SMILES string of the molecule is c1ccc(-c2ccc(-c3ccc(-c4nc(-c5ccc(-c6cccc7ccccc67)c6ccccc56)nc(-c5cccc6c5sc5ccccc56)n4)cc3)cc2)cc1. The lowest BCUT2D eigenvalue weighted by molar-refractivity contribution is 1.08. The molecular weight excluding hydrogens is 711 g/mol. The fourth-order valence-corrected chi connectivity index (χ4v) is 9.37. The highest BCUT2D eigenvalue weighted by Gasteiger charge is 2.19. The average Bonchev–Trinajstić information content (AvgIpc) is 3.68. The van der Waals surface area contributed by atoms with Gasteiger partial charge in [0.05, 0.1) is 0 Å². The fourth-order valence-electron chi connectivity index (χ4n) is 8.16. The molecule has 0 amide bonds. The van der Waals surface area contributed by atoms with Crippen LogP contribution in [0.4, 0.5) is 0 Å². The Bertz CT molecular complexity index is 3270. The molecule has 0 aliphatic rings. The van der Waals surface area contributed by atoms with Gasteiger partial charge in [0.25, 0.3) is 0 Å². The quantitative estimate of drug-likeness (QED) is 0.170. The van der Waals surface area contributed by atoms with E-state index in [1.54, 1.807) is 11.3 Å². The molecule has 9 aromatic carbocycles. The van der Waals surface area contributed by atoms with Crippen LogP contribution in [0.25, 0.3) is 109 Å². The Morgan fingerprint density at radius 1 is 0.263 bits per heavy atom. The number of rotatable bonds is 6. The molecule has 2 heterocycles. The zero-order chi connectivity index (χ0) is 37.7. The first-order chi connectivity index (χ1) is 28.2. The Morgan fingerprint density at radius 2 is 0.719 bits per heavy atom. The zero-order valence-corrected chi connectivity index (χ0v) is 31.6. The summed E-state index contributed by atoms with van der Waals surface area (Å²) in [6.45, 7) is 0. The van der Waals surface area contributed by atoms with E-state index in [-0.39, 0.29) is 0 Å². The monoisotopic (exact) mass is 743 g/mol. The lowest BCUT2D eigenvalue weighted by atomic mass is 9.92. The van der Waals surface area contributed by atoms with Gasteiger partial charge in [0.15, 0.2) is 17.5 Å². The van der Waals surface area contributed by atoms with E-state index in [9.17, 15) is 0 Å². The van der Waals surface area contributed by atoms with Gasteiger partial charge in [-0.1, -0.05) is 182 Å². The van der Waals surface area contributed by atoms with Gasteiger partial charge in [0.1, 0.15) is 0 Å². The molecule has 0 bridgehead atoms. The molecule has 11 aromatic rings. The number of hydrogen-bond acceptors (Lipinski definition) is 4. The standard InChI is InChI=1S/C53H33N3S/c1-2-12-34(13-3-1)35-24-26-36(27-25-35)37-28-30-39(31-29-37)51-54-52(56-53(55-51)48-22-11-21-46-45-19-8-9-23-49(45)57-50(46)48)47-33-32-44(42-17-6-7-18-43(42)47)41-20-10-15-38-14-4-5-16-40(38)41/h1-33H. The van der Waals surface area contributed by atoms with Gasteiger partial charge in [-0.15, -0.1) is 11.3 Å². The lowest BCUT2D eigenvalue weighted by Crippen LogP contribution is -2.01. The Labute approximate surface area is 334 Å². The summed E-state index contributed by atoms with van der Waals surface area (Å²) in [5.41, 5.74) is 10.0. The predicted molar refractivity (Wildman–Crippen MR) is 240 cm³/mol. The third-order valence-electron chi connectivity index (χ3n) is 11.0. The van der Waals surface area contributed by atoms with E-state index in [1.165, 1.54) is 53.2 Å². The highest BCUT2D eigenvalue weighted by Crippen LogP contribution is 2.41. The van der Waals surface area contributed by atoms with Crippen LogP contribution in [0.15, 0.2) is 200 Å². The van der Waals surface area contributed by atoms with Crippen molar-refractivity contribution < 1.29 is 0 Å². The van der Waals surface area contributed by atoms with Gasteiger partial charge in [-0.05, 0) is 73.1 Å². The Balaban J connectivity index is 1.07. The molecule has 11 rings (SSSR count). The van der Waals surface area contributed by atoms with Crippen molar-refractivity contribution in [2.45, 2.75) is 0 Å². The van der Waals surface area contributed by atoms with Gasteiger partial charge in [-0.25, -0.2) is 15.0 Å². The van der Waals surface area contributed by atoms with E-state index in [2.05, 4.69) is 194 Å². The molecule has 0 atom stereocenters. The molecule has 0 radical (unpaired) electrons. The van der Waals surface area contributed by atoms with Gasteiger partial charge in [0.2, 0.25) is 0 Å². The molecule has 4 heteroatoms. The minimum absolute atomic E-state index is 0.640. The van der Waals surface area contributed by atoms with Gasteiger partial charge < -0.3 is 0 Å². The minimum atomic E-state index is 0.640. The predicted octanol–water partition coefficient (Wildman–Crippen LogP) is 14.5. The van der Waals surface area contributed by atoms with E-state index in [0.717, 1.165) is 38.6 Å². The highest BCUT2D eigenvalue weighted by molar-refractivity contribution is 7.26. The molecule has 2 aromatic heterocycles. The Kier molecular flexibility index (Phi) is 8.01. The van der Waals surface area contributed by atoms with Crippen molar-refractivity contribution in [3.05, 3.63) is 200 Å². The van der Waals surface area contributed by atoms with Crippen molar-refractivity contribution in [1.82, 2.24) is 15.0 Å². The van der Waals surface area contributed by atoms with Crippen LogP contribution in [-0.4, -0.2) is 15.0 Å². The summed E-state index contributed by atoms with van der Waals surface area (Å²) in [5.74, 6) is 1.95. The van der Waals surface area contributed by atoms with Crippen LogP contribution in [0.2, 0.25) is 0 Å². The summed E-state index contributed by atoms with van der Waals surface area (Å²) in [4.78, 5) is 15.8. The van der Waals surface area contributed by atoms with E-state index in [0.29, 0.717) is 17.5 Å². The molecule has 0 aliphatic heterocycles.